The number of rotatable bonds is 12. The number of hydrogen-bond donors (Lipinski definition) is 2. The number of nitrogens with one attached hydrogen (secondary N) is 2. The molecule has 0 bridgehead atoms. The van der Waals surface area contributed by atoms with Crippen LogP contribution in [-0.4, -0.2) is 25.7 Å². The van der Waals surface area contributed by atoms with E-state index in [1.807, 2.05) is 18.2 Å². The zero-order valence-corrected chi connectivity index (χ0v) is 18.5. The first-order valence-electron chi connectivity index (χ1n) is 10.7. The van der Waals surface area contributed by atoms with Crippen molar-refractivity contribution in [3.8, 4) is 5.75 Å². The van der Waals surface area contributed by atoms with Gasteiger partial charge in [-0.15, -0.1) is 6.58 Å². The van der Waals surface area contributed by atoms with E-state index in [1.54, 1.807) is 12.1 Å². The van der Waals surface area contributed by atoms with Crippen LogP contribution in [0.1, 0.15) is 57.8 Å². The van der Waals surface area contributed by atoms with Crippen LogP contribution in [0.2, 0.25) is 0 Å². The standard InChI is InChI=1S/C23H35BrN2O2/c1-2-3-16-25-17-6-4-5-7-19-8-10-20(11-9-19)18-26-23(27)28-22-14-12-21(24)13-15-22/h2,12-15,19-20,25H,1,3-11,16-18H2,(H,26,27). The second-order valence-corrected chi connectivity index (χ2v) is 8.70. The van der Waals surface area contributed by atoms with Crippen LogP contribution in [0.3, 0.4) is 0 Å². The Labute approximate surface area is 178 Å². The van der Waals surface area contributed by atoms with E-state index >= 15 is 0 Å². The smallest absolute Gasteiger partial charge is 0.410 e. The van der Waals surface area contributed by atoms with Crippen molar-refractivity contribution >= 4 is 22.0 Å². The van der Waals surface area contributed by atoms with Crippen molar-refractivity contribution in [2.45, 2.75) is 57.8 Å². The van der Waals surface area contributed by atoms with E-state index in [0.717, 1.165) is 36.4 Å². The summed E-state index contributed by atoms with van der Waals surface area (Å²) in [4.78, 5) is 11.9. The summed E-state index contributed by atoms with van der Waals surface area (Å²) in [5, 5.41) is 6.38. The van der Waals surface area contributed by atoms with Crippen LogP contribution >= 0.6 is 15.9 Å². The van der Waals surface area contributed by atoms with Crippen molar-refractivity contribution in [3.05, 3.63) is 41.4 Å². The van der Waals surface area contributed by atoms with Crippen LogP contribution in [0, 0.1) is 11.8 Å². The summed E-state index contributed by atoms with van der Waals surface area (Å²) < 4.78 is 6.28. The SMILES string of the molecule is C=CCCNCCCCCC1CCC(CNC(=O)Oc2ccc(Br)cc2)CC1. The summed E-state index contributed by atoms with van der Waals surface area (Å²) >= 11 is 3.37. The van der Waals surface area contributed by atoms with Crippen LogP contribution in [0.15, 0.2) is 41.4 Å². The zero-order valence-electron chi connectivity index (χ0n) is 16.9. The van der Waals surface area contributed by atoms with Gasteiger partial charge in [0.1, 0.15) is 5.75 Å². The van der Waals surface area contributed by atoms with E-state index in [2.05, 4.69) is 33.1 Å². The van der Waals surface area contributed by atoms with Crippen LogP contribution in [-0.2, 0) is 0 Å². The molecule has 1 aliphatic carbocycles. The van der Waals surface area contributed by atoms with Gasteiger partial charge in [0.05, 0.1) is 0 Å². The molecule has 0 heterocycles. The normalized spacial score (nSPS) is 19.2. The molecule has 1 saturated carbocycles. The molecule has 1 fully saturated rings. The van der Waals surface area contributed by atoms with E-state index in [1.165, 1.54) is 51.4 Å². The summed E-state index contributed by atoms with van der Waals surface area (Å²) in [6.07, 6.45) is 13.0. The first-order chi connectivity index (χ1) is 13.7. The lowest BCUT2D eigenvalue weighted by molar-refractivity contribution is 0.193. The quantitative estimate of drug-likeness (QED) is 0.300. The van der Waals surface area contributed by atoms with Crippen LogP contribution in [0.5, 0.6) is 5.75 Å². The van der Waals surface area contributed by atoms with E-state index in [-0.39, 0.29) is 6.09 Å². The van der Waals surface area contributed by atoms with Gasteiger partial charge in [-0.3, -0.25) is 0 Å². The highest BCUT2D eigenvalue weighted by atomic mass is 79.9. The molecule has 2 N–H and O–H groups in total. The Morgan fingerprint density at radius 1 is 1.07 bits per heavy atom. The lowest BCUT2D eigenvalue weighted by Crippen LogP contribution is -2.33. The summed E-state index contributed by atoms with van der Waals surface area (Å²) in [7, 11) is 0. The highest BCUT2D eigenvalue weighted by molar-refractivity contribution is 9.10. The second kappa shape index (κ2) is 13.8. The predicted octanol–water partition coefficient (Wildman–Crippen LogP) is 6.07. The molecule has 1 aromatic rings. The number of benzene rings is 1. The molecular formula is C23H35BrN2O2. The number of unbranched alkanes of at least 4 members (excludes halogenated alkanes) is 2. The third kappa shape index (κ3) is 9.74. The summed E-state index contributed by atoms with van der Waals surface area (Å²) in [5.74, 6) is 2.03. The Morgan fingerprint density at radius 2 is 1.79 bits per heavy atom. The van der Waals surface area contributed by atoms with Gasteiger partial charge in [-0.2, -0.15) is 0 Å². The van der Waals surface area contributed by atoms with Crippen LogP contribution in [0.4, 0.5) is 4.79 Å². The molecule has 1 amide bonds. The largest absolute Gasteiger partial charge is 0.412 e. The Morgan fingerprint density at radius 3 is 2.50 bits per heavy atom. The maximum Gasteiger partial charge on any atom is 0.412 e. The first-order valence-corrected chi connectivity index (χ1v) is 11.5. The second-order valence-electron chi connectivity index (χ2n) is 7.79. The molecule has 0 aliphatic heterocycles. The number of carbonyl (C=O) groups is 1. The molecule has 4 nitrogen and oxygen atoms in total. The van der Waals surface area contributed by atoms with Crippen molar-refractivity contribution in [1.29, 1.82) is 0 Å². The molecule has 5 heteroatoms. The third-order valence-corrected chi connectivity index (χ3v) is 6.05. The molecule has 0 unspecified atom stereocenters. The van der Waals surface area contributed by atoms with Crippen molar-refractivity contribution < 1.29 is 9.53 Å². The summed E-state index contributed by atoms with van der Waals surface area (Å²) in [6.45, 7) is 6.64. The number of hydrogen-bond acceptors (Lipinski definition) is 3. The molecule has 1 aliphatic rings. The third-order valence-electron chi connectivity index (χ3n) is 5.52. The maximum absolute atomic E-state index is 11.9. The Bertz CT molecular complexity index is 568. The lowest BCUT2D eigenvalue weighted by Gasteiger charge is -2.28. The van der Waals surface area contributed by atoms with Gasteiger partial charge in [-0.1, -0.05) is 54.1 Å². The topological polar surface area (TPSA) is 50.4 Å². The minimum absolute atomic E-state index is 0.355. The monoisotopic (exact) mass is 450 g/mol. The highest BCUT2D eigenvalue weighted by Gasteiger charge is 2.21. The fourth-order valence-corrected chi connectivity index (χ4v) is 4.05. The van der Waals surface area contributed by atoms with E-state index in [4.69, 9.17) is 4.74 Å². The summed E-state index contributed by atoms with van der Waals surface area (Å²) in [6, 6.07) is 7.30. The number of ether oxygens (including phenoxy) is 1. The molecule has 1 aromatic carbocycles. The molecular weight excluding hydrogens is 416 g/mol. The summed E-state index contributed by atoms with van der Waals surface area (Å²) in [5.41, 5.74) is 0. The molecule has 156 valence electrons. The highest BCUT2D eigenvalue weighted by Crippen LogP contribution is 2.31. The van der Waals surface area contributed by atoms with Crippen molar-refractivity contribution in [1.82, 2.24) is 10.6 Å². The molecule has 2 rings (SSSR count). The number of amides is 1. The first kappa shape index (κ1) is 23.0. The fraction of sp³-hybridized carbons (Fsp3) is 0.609. The molecule has 0 atom stereocenters. The van der Waals surface area contributed by atoms with Gasteiger partial charge in [0.25, 0.3) is 0 Å². The maximum atomic E-state index is 11.9. The zero-order chi connectivity index (χ0) is 20.0. The van der Waals surface area contributed by atoms with Crippen LogP contribution < -0.4 is 15.4 Å². The average molecular weight is 451 g/mol. The van der Waals surface area contributed by atoms with Crippen LogP contribution in [0.25, 0.3) is 0 Å². The van der Waals surface area contributed by atoms with E-state index in [0.29, 0.717) is 11.7 Å². The molecule has 0 radical (unpaired) electrons. The van der Waals surface area contributed by atoms with Crippen molar-refractivity contribution in [2.24, 2.45) is 11.8 Å². The van der Waals surface area contributed by atoms with E-state index < -0.39 is 0 Å². The van der Waals surface area contributed by atoms with Crippen molar-refractivity contribution in [3.63, 3.8) is 0 Å². The fourth-order valence-electron chi connectivity index (χ4n) is 3.79. The van der Waals surface area contributed by atoms with Gasteiger partial charge < -0.3 is 15.4 Å². The predicted molar refractivity (Wildman–Crippen MR) is 120 cm³/mol. The Hall–Kier alpha value is -1.33. The van der Waals surface area contributed by atoms with Gasteiger partial charge in [0, 0.05) is 11.0 Å². The molecule has 0 spiro atoms. The van der Waals surface area contributed by atoms with Gasteiger partial charge >= 0.3 is 6.09 Å². The van der Waals surface area contributed by atoms with Gasteiger partial charge in [0.15, 0.2) is 0 Å². The van der Waals surface area contributed by atoms with Gasteiger partial charge in [-0.05, 0) is 74.9 Å². The molecule has 0 aromatic heterocycles. The lowest BCUT2D eigenvalue weighted by atomic mass is 9.80. The Kier molecular flexibility index (Phi) is 11.3. The number of carbonyl (C=O) groups excluding carboxylic acids is 1. The van der Waals surface area contributed by atoms with Crippen molar-refractivity contribution in [2.75, 3.05) is 19.6 Å². The minimum atomic E-state index is -0.355. The number of halogens is 1. The minimum Gasteiger partial charge on any atom is -0.410 e. The van der Waals surface area contributed by atoms with E-state index in [9.17, 15) is 4.79 Å². The van der Waals surface area contributed by atoms with Gasteiger partial charge in [-0.25, -0.2) is 4.79 Å². The van der Waals surface area contributed by atoms with Gasteiger partial charge in [0.2, 0.25) is 0 Å². The average Bonchev–Trinajstić information content (AvgIpc) is 2.71. The molecule has 28 heavy (non-hydrogen) atoms. The Balaban J connectivity index is 1.48. The molecule has 0 saturated heterocycles.